The maximum atomic E-state index is 12.8. The van der Waals surface area contributed by atoms with Gasteiger partial charge >= 0.3 is 0 Å². The average Bonchev–Trinajstić information content (AvgIpc) is 2.73. The smallest absolute Gasteiger partial charge is 0.182 e. The molecule has 2 aromatic rings. The molecule has 0 saturated heterocycles. The summed E-state index contributed by atoms with van der Waals surface area (Å²) in [6.45, 7) is 6.66. The van der Waals surface area contributed by atoms with Crippen LogP contribution in [0.3, 0.4) is 0 Å². The lowest BCUT2D eigenvalue weighted by Crippen LogP contribution is -2.49. The zero-order chi connectivity index (χ0) is 23.7. The van der Waals surface area contributed by atoms with E-state index < -0.39 is 27.9 Å². The van der Waals surface area contributed by atoms with Crippen molar-refractivity contribution in [3.05, 3.63) is 59.8 Å². The predicted molar refractivity (Wildman–Crippen MR) is 130 cm³/mol. The molecule has 10 heteroatoms. The molecule has 1 heterocycles. The second-order valence-electron chi connectivity index (χ2n) is 8.29. The van der Waals surface area contributed by atoms with Gasteiger partial charge in [-0.15, -0.1) is 0 Å². The van der Waals surface area contributed by atoms with Crippen molar-refractivity contribution in [2.24, 2.45) is 10.8 Å². The van der Waals surface area contributed by atoms with Crippen molar-refractivity contribution < 1.29 is 17.7 Å². The van der Waals surface area contributed by atoms with Gasteiger partial charge in [-0.1, -0.05) is 24.3 Å². The van der Waals surface area contributed by atoms with Gasteiger partial charge in [0.1, 0.15) is 12.9 Å². The number of hydrogen-bond acceptors (Lipinski definition) is 8. The SMILES string of the molecule is COc1cc(P(C)(C)=O)ccc1C1(N)C=C(Nc2ccccc2S(=O)(=O)C(C)C)C=NN1. The quantitative estimate of drug-likeness (QED) is 0.525. The lowest BCUT2D eigenvalue weighted by molar-refractivity contribution is 0.376. The number of rotatable bonds is 7. The number of hydrazone groups is 1. The number of hydrogen-bond donors (Lipinski definition) is 3. The number of benzene rings is 2. The lowest BCUT2D eigenvalue weighted by atomic mass is 9.97. The zero-order valence-electron chi connectivity index (χ0n) is 18.8. The highest BCUT2D eigenvalue weighted by molar-refractivity contribution is 7.92. The molecule has 0 saturated carbocycles. The molecule has 3 rings (SSSR count). The van der Waals surface area contributed by atoms with Crippen molar-refractivity contribution in [1.29, 1.82) is 0 Å². The largest absolute Gasteiger partial charge is 0.496 e. The van der Waals surface area contributed by atoms with Crippen LogP contribution in [0.25, 0.3) is 0 Å². The summed E-state index contributed by atoms with van der Waals surface area (Å²) in [6, 6.07) is 11.9. The number of ether oxygens (including phenoxy) is 1. The molecule has 4 N–H and O–H groups in total. The number of para-hydroxylation sites is 1. The molecule has 0 spiro atoms. The zero-order valence-corrected chi connectivity index (χ0v) is 20.5. The van der Waals surface area contributed by atoms with Crippen LogP contribution in [0.1, 0.15) is 19.4 Å². The van der Waals surface area contributed by atoms with Crippen molar-refractivity contribution in [3.8, 4) is 5.75 Å². The average molecular weight is 477 g/mol. The molecule has 172 valence electrons. The highest BCUT2D eigenvalue weighted by Crippen LogP contribution is 2.38. The number of sulfone groups is 1. The van der Waals surface area contributed by atoms with Crippen molar-refractivity contribution in [2.45, 2.75) is 29.7 Å². The normalized spacial score (nSPS) is 18.8. The molecule has 32 heavy (non-hydrogen) atoms. The molecule has 0 bridgehead atoms. The molecule has 0 aliphatic carbocycles. The fourth-order valence-corrected chi connectivity index (χ4v) is 5.38. The van der Waals surface area contributed by atoms with Crippen LogP contribution in [0, 0.1) is 0 Å². The number of nitrogens with two attached hydrogens (primary N) is 1. The van der Waals surface area contributed by atoms with Crippen molar-refractivity contribution >= 4 is 34.2 Å². The van der Waals surface area contributed by atoms with E-state index in [-0.39, 0.29) is 4.90 Å². The first kappa shape index (κ1) is 24.0. The minimum Gasteiger partial charge on any atom is -0.496 e. The van der Waals surface area contributed by atoms with E-state index in [1.165, 1.54) is 13.3 Å². The van der Waals surface area contributed by atoms with E-state index in [0.717, 1.165) is 0 Å². The second-order valence-corrected chi connectivity index (χ2v) is 14.0. The Morgan fingerprint density at radius 3 is 2.50 bits per heavy atom. The van der Waals surface area contributed by atoms with Crippen LogP contribution in [-0.4, -0.2) is 40.3 Å². The van der Waals surface area contributed by atoms with Gasteiger partial charge in [0.15, 0.2) is 15.5 Å². The minimum absolute atomic E-state index is 0.203. The number of nitrogens with zero attached hydrogens (tertiary/aromatic N) is 1. The van der Waals surface area contributed by atoms with Crippen molar-refractivity contribution in [2.75, 3.05) is 25.8 Å². The molecule has 0 aromatic heterocycles. The van der Waals surface area contributed by atoms with Gasteiger partial charge in [-0.05, 0) is 51.5 Å². The minimum atomic E-state index is -3.50. The molecule has 1 aliphatic heterocycles. The summed E-state index contributed by atoms with van der Waals surface area (Å²) >= 11 is 0. The molecule has 1 aliphatic rings. The molecule has 0 amide bonds. The number of methoxy groups -OCH3 is 1. The summed E-state index contributed by atoms with van der Waals surface area (Å²) in [5.74, 6) is 0.469. The van der Waals surface area contributed by atoms with Gasteiger partial charge in [0, 0.05) is 10.9 Å². The van der Waals surface area contributed by atoms with E-state index >= 15 is 0 Å². The van der Waals surface area contributed by atoms with Gasteiger partial charge in [-0.25, -0.2) is 8.42 Å². The summed E-state index contributed by atoms with van der Waals surface area (Å²) in [4.78, 5) is 0.203. The first-order valence-electron chi connectivity index (χ1n) is 10.0. The van der Waals surface area contributed by atoms with E-state index in [4.69, 9.17) is 10.5 Å². The predicted octanol–water partition coefficient (Wildman–Crippen LogP) is 2.82. The molecule has 2 aromatic carbocycles. The Balaban J connectivity index is 2.02. The maximum Gasteiger partial charge on any atom is 0.182 e. The third-order valence-corrected chi connectivity index (χ3v) is 8.91. The number of anilines is 1. The van der Waals surface area contributed by atoms with E-state index in [2.05, 4.69) is 15.8 Å². The molecular weight excluding hydrogens is 447 g/mol. The van der Waals surface area contributed by atoms with E-state index in [1.807, 2.05) is 0 Å². The first-order valence-corrected chi connectivity index (χ1v) is 14.2. The van der Waals surface area contributed by atoms with Crippen molar-refractivity contribution in [3.63, 3.8) is 0 Å². The fourth-order valence-electron chi connectivity index (χ4n) is 3.31. The summed E-state index contributed by atoms with van der Waals surface area (Å²) in [7, 11) is -4.46. The second kappa shape index (κ2) is 8.73. The molecular formula is C22H29N4O4PS. The summed E-state index contributed by atoms with van der Waals surface area (Å²) in [5.41, 5.74) is 9.81. The fraction of sp³-hybridized carbons (Fsp3) is 0.318. The summed E-state index contributed by atoms with van der Waals surface area (Å²) < 4.78 is 43.5. The first-order chi connectivity index (χ1) is 14.9. The summed E-state index contributed by atoms with van der Waals surface area (Å²) in [5, 5.41) is 7.42. The van der Waals surface area contributed by atoms with Crippen LogP contribution in [0.2, 0.25) is 0 Å². The Hall–Kier alpha value is -2.61. The molecule has 0 fully saturated rings. The Labute approximate surface area is 189 Å². The van der Waals surface area contributed by atoms with Crippen LogP contribution in [0.15, 0.2) is 64.2 Å². The maximum absolute atomic E-state index is 12.8. The highest BCUT2D eigenvalue weighted by Gasteiger charge is 2.32. The third-order valence-electron chi connectivity index (χ3n) is 5.18. The highest BCUT2D eigenvalue weighted by atomic mass is 32.2. The molecule has 1 unspecified atom stereocenters. The Morgan fingerprint density at radius 2 is 1.88 bits per heavy atom. The third kappa shape index (κ3) is 4.75. The molecule has 0 radical (unpaired) electrons. The number of nitrogens with one attached hydrogen (secondary N) is 2. The van der Waals surface area contributed by atoms with Crippen LogP contribution in [0.4, 0.5) is 5.69 Å². The van der Waals surface area contributed by atoms with Gasteiger partial charge in [0.25, 0.3) is 0 Å². The Morgan fingerprint density at radius 1 is 1.19 bits per heavy atom. The monoisotopic (exact) mass is 476 g/mol. The lowest BCUT2D eigenvalue weighted by Gasteiger charge is -2.31. The number of allylic oxidation sites excluding steroid dienone is 1. The van der Waals surface area contributed by atoms with Gasteiger partial charge in [-0.3, -0.25) is 5.43 Å². The van der Waals surface area contributed by atoms with Crippen molar-refractivity contribution in [1.82, 2.24) is 5.43 Å². The van der Waals surface area contributed by atoms with Gasteiger partial charge < -0.3 is 20.4 Å². The summed E-state index contributed by atoms with van der Waals surface area (Å²) in [6.07, 6.45) is 3.23. The molecule has 8 nitrogen and oxygen atoms in total. The van der Waals surface area contributed by atoms with Gasteiger partial charge in [0.2, 0.25) is 0 Å². The van der Waals surface area contributed by atoms with Crippen LogP contribution < -0.4 is 26.5 Å². The van der Waals surface area contributed by atoms with Gasteiger partial charge in [0.05, 0.1) is 34.9 Å². The van der Waals surface area contributed by atoms with E-state index in [0.29, 0.717) is 28.0 Å². The standard InChI is InChI=1S/C22H29N4O4PS/c1-15(2)32(28,29)21-9-7-6-8-19(21)25-16-13-22(23,26-24-14-16)18-11-10-17(31(4,5)27)12-20(18)30-3/h6-15,25-26H,23H2,1-5H3. The Kier molecular flexibility index (Phi) is 6.56. The Bertz CT molecular complexity index is 1230. The van der Waals surface area contributed by atoms with Crippen LogP contribution in [0.5, 0.6) is 5.75 Å². The van der Waals surface area contributed by atoms with E-state index in [9.17, 15) is 13.0 Å². The van der Waals surface area contributed by atoms with Crippen LogP contribution >= 0.6 is 7.14 Å². The van der Waals surface area contributed by atoms with E-state index in [1.54, 1.807) is 75.7 Å². The van der Waals surface area contributed by atoms with Crippen LogP contribution in [-0.2, 0) is 20.1 Å². The van der Waals surface area contributed by atoms with Gasteiger partial charge in [-0.2, -0.15) is 5.10 Å². The topological polar surface area (TPSA) is 123 Å². The molecule has 1 atom stereocenters.